The molecule has 5 heteroatoms. The molecule has 2 aromatic rings. The van der Waals surface area contributed by atoms with Gasteiger partial charge in [0.25, 0.3) is 0 Å². The van der Waals surface area contributed by atoms with Gasteiger partial charge in [0, 0.05) is 19.2 Å². The van der Waals surface area contributed by atoms with Crippen molar-refractivity contribution in [2.24, 2.45) is 5.73 Å². The van der Waals surface area contributed by atoms with Gasteiger partial charge in [0.15, 0.2) is 0 Å². The Kier molecular flexibility index (Phi) is 2.09. The molecule has 0 aliphatic rings. The molecule has 0 saturated carbocycles. The quantitative estimate of drug-likeness (QED) is 0.631. The maximum atomic E-state index is 5.36. The van der Waals surface area contributed by atoms with E-state index in [2.05, 4.69) is 20.3 Å². The second-order valence-electron chi connectivity index (χ2n) is 2.70. The molecule has 2 rings (SSSR count). The molecule has 2 heterocycles. The Morgan fingerprint density at radius 3 is 3.23 bits per heavy atom. The van der Waals surface area contributed by atoms with Gasteiger partial charge < -0.3 is 16.0 Å². The molecule has 0 fully saturated rings. The predicted molar refractivity (Wildman–Crippen MR) is 51.4 cm³/mol. The molecule has 0 saturated heterocycles. The van der Waals surface area contributed by atoms with E-state index >= 15 is 0 Å². The van der Waals surface area contributed by atoms with E-state index in [1.807, 2.05) is 6.07 Å². The Morgan fingerprint density at radius 1 is 1.46 bits per heavy atom. The number of H-pyrrole nitrogens is 1. The SMILES string of the molecule is NCCNc1cc2nc[nH]c2cn1. The van der Waals surface area contributed by atoms with Gasteiger partial charge in [0.2, 0.25) is 0 Å². The van der Waals surface area contributed by atoms with E-state index in [1.54, 1.807) is 12.5 Å². The lowest BCUT2D eigenvalue weighted by molar-refractivity contribution is 1.01. The van der Waals surface area contributed by atoms with Crippen LogP contribution in [0.3, 0.4) is 0 Å². The van der Waals surface area contributed by atoms with Crippen LogP contribution in [0, 0.1) is 0 Å². The molecule has 2 aromatic heterocycles. The van der Waals surface area contributed by atoms with Gasteiger partial charge in [0.05, 0.1) is 23.6 Å². The van der Waals surface area contributed by atoms with Crippen LogP contribution in [0.4, 0.5) is 5.82 Å². The molecule has 0 amide bonds. The standard InChI is InChI=1S/C8H11N5/c9-1-2-10-8-3-6-7(4-11-8)13-5-12-6/h3-5H,1-2,9H2,(H,10,11)(H,12,13). The van der Waals surface area contributed by atoms with Crippen molar-refractivity contribution in [3.8, 4) is 0 Å². The van der Waals surface area contributed by atoms with Crippen molar-refractivity contribution in [1.82, 2.24) is 15.0 Å². The normalized spacial score (nSPS) is 10.5. The van der Waals surface area contributed by atoms with Crippen LogP contribution < -0.4 is 11.1 Å². The van der Waals surface area contributed by atoms with Crippen molar-refractivity contribution in [3.63, 3.8) is 0 Å². The third-order valence-corrected chi connectivity index (χ3v) is 1.76. The minimum atomic E-state index is 0.598. The summed E-state index contributed by atoms with van der Waals surface area (Å²) in [7, 11) is 0. The first-order valence-corrected chi connectivity index (χ1v) is 4.13. The van der Waals surface area contributed by atoms with Crippen LogP contribution in [0.25, 0.3) is 11.0 Å². The van der Waals surface area contributed by atoms with Gasteiger partial charge in [-0.15, -0.1) is 0 Å². The lowest BCUT2D eigenvalue weighted by atomic mass is 10.4. The number of nitrogens with two attached hydrogens (primary N) is 1. The number of rotatable bonds is 3. The highest BCUT2D eigenvalue weighted by Gasteiger charge is 1.97. The fraction of sp³-hybridized carbons (Fsp3) is 0.250. The first-order valence-electron chi connectivity index (χ1n) is 4.13. The van der Waals surface area contributed by atoms with E-state index in [-0.39, 0.29) is 0 Å². The van der Waals surface area contributed by atoms with Gasteiger partial charge in [-0.3, -0.25) is 0 Å². The summed E-state index contributed by atoms with van der Waals surface area (Å²) in [6.45, 7) is 1.32. The van der Waals surface area contributed by atoms with E-state index in [4.69, 9.17) is 5.73 Å². The van der Waals surface area contributed by atoms with Gasteiger partial charge in [-0.2, -0.15) is 0 Å². The number of nitrogens with zero attached hydrogens (tertiary/aromatic N) is 2. The van der Waals surface area contributed by atoms with Crippen molar-refractivity contribution in [1.29, 1.82) is 0 Å². The number of aromatic nitrogens is 3. The molecule has 0 aliphatic carbocycles. The van der Waals surface area contributed by atoms with Crippen molar-refractivity contribution < 1.29 is 0 Å². The lowest BCUT2D eigenvalue weighted by Crippen LogP contribution is -2.13. The Morgan fingerprint density at radius 2 is 2.38 bits per heavy atom. The molecule has 68 valence electrons. The van der Waals surface area contributed by atoms with Crippen LogP contribution in [0.1, 0.15) is 0 Å². The Balaban J connectivity index is 2.26. The van der Waals surface area contributed by atoms with Crippen LogP contribution in [0.2, 0.25) is 0 Å². The number of pyridine rings is 1. The van der Waals surface area contributed by atoms with Crippen molar-refractivity contribution >= 4 is 16.9 Å². The van der Waals surface area contributed by atoms with Gasteiger partial charge >= 0.3 is 0 Å². The Hall–Kier alpha value is -1.62. The molecule has 5 nitrogen and oxygen atoms in total. The summed E-state index contributed by atoms with van der Waals surface area (Å²) < 4.78 is 0. The first-order chi connectivity index (χ1) is 6.40. The minimum absolute atomic E-state index is 0.598. The maximum Gasteiger partial charge on any atom is 0.128 e. The smallest absolute Gasteiger partial charge is 0.128 e. The number of fused-ring (bicyclic) bond motifs is 1. The number of aromatic amines is 1. The summed E-state index contributed by atoms with van der Waals surface area (Å²) in [5, 5.41) is 3.09. The number of hydrogen-bond acceptors (Lipinski definition) is 4. The number of imidazole rings is 1. The lowest BCUT2D eigenvalue weighted by Gasteiger charge is -2.01. The zero-order valence-electron chi connectivity index (χ0n) is 7.12. The summed E-state index contributed by atoms with van der Waals surface area (Å²) in [6.07, 6.45) is 3.40. The fourth-order valence-electron chi connectivity index (χ4n) is 1.13. The van der Waals surface area contributed by atoms with Gasteiger partial charge in [0.1, 0.15) is 5.82 Å². The van der Waals surface area contributed by atoms with Crippen LogP contribution in [0.15, 0.2) is 18.6 Å². The second kappa shape index (κ2) is 3.40. The zero-order valence-corrected chi connectivity index (χ0v) is 7.12. The van der Waals surface area contributed by atoms with Gasteiger partial charge in [-0.25, -0.2) is 9.97 Å². The number of anilines is 1. The molecule has 0 aliphatic heterocycles. The van der Waals surface area contributed by atoms with Crippen molar-refractivity contribution in [2.75, 3.05) is 18.4 Å². The third-order valence-electron chi connectivity index (χ3n) is 1.76. The summed E-state index contributed by atoms with van der Waals surface area (Å²) in [6, 6.07) is 1.89. The predicted octanol–water partition coefficient (Wildman–Crippen LogP) is 0.328. The molecule has 0 radical (unpaired) electrons. The van der Waals surface area contributed by atoms with Gasteiger partial charge in [-0.05, 0) is 0 Å². The molecule has 0 bridgehead atoms. The van der Waals surface area contributed by atoms with Crippen molar-refractivity contribution in [2.45, 2.75) is 0 Å². The molecule has 0 unspecified atom stereocenters. The van der Waals surface area contributed by atoms with Gasteiger partial charge in [-0.1, -0.05) is 0 Å². The summed E-state index contributed by atoms with van der Waals surface area (Å²) in [5.41, 5.74) is 7.21. The van der Waals surface area contributed by atoms with Crippen LogP contribution in [0.5, 0.6) is 0 Å². The average molecular weight is 177 g/mol. The summed E-state index contributed by atoms with van der Waals surface area (Å²) >= 11 is 0. The van der Waals surface area contributed by atoms with E-state index in [9.17, 15) is 0 Å². The molecule has 4 N–H and O–H groups in total. The summed E-state index contributed by atoms with van der Waals surface area (Å²) in [4.78, 5) is 11.3. The highest BCUT2D eigenvalue weighted by atomic mass is 15.0. The second-order valence-corrected chi connectivity index (χ2v) is 2.70. The van der Waals surface area contributed by atoms with E-state index < -0.39 is 0 Å². The largest absolute Gasteiger partial charge is 0.369 e. The molecule has 13 heavy (non-hydrogen) atoms. The zero-order chi connectivity index (χ0) is 9.10. The molecular formula is C8H11N5. The molecule has 0 atom stereocenters. The average Bonchev–Trinajstić information content (AvgIpc) is 2.61. The third kappa shape index (κ3) is 1.59. The van der Waals surface area contributed by atoms with E-state index in [1.165, 1.54) is 0 Å². The number of nitrogens with one attached hydrogen (secondary N) is 2. The van der Waals surface area contributed by atoms with Crippen LogP contribution in [-0.2, 0) is 0 Å². The highest BCUT2D eigenvalue weighted by molar-refractivity contribution is 5.76. The Labute approximate surface area is 75.4 Å². The highest BCUT2D eigenvalue weighted by Crippen LogP contribution is 2.11. The minimum Gasteiger partial charge on any atom is -0.369 e. The molecular weight excluding hydrogens is 166 g/mol. The van der Waals surface area contributed by atoms with E-state index in [0.29, 0.717) is 6.54 Å². The topological polar surface area (TPSA) is 79.6 Å². The fourth-order valence-corrected chi connectivity index (χ4v) is 1.13. The maximum absolute atomic E-state index is 5.36. The molecule has 0 aromatic carbocycles. The van der Waals surface area contributed by atoms with Crippen LogP contribution in [-0.4, -0.2) is 28.0 Å². The first kappa shape index (κ1) is 8.00. The molecule has 0 spiro atoms. The summed E-state index contributed by atoms with van der Waals surface area (Å²) in [5.74, 6) is 0.810. The monoisotopic (exact) mass is 177 g/mol. The van der Waals surface area contributed by atoms with Crippen LogP contribution >= 0.6 is 0 Å². The Bertz CT molecular complexity index is 394. The van der Waals surface area contributed by atoms with Crippen molar-refractivity contribution in [3.05, 3.63) is 18.6 Å². The van der Waals surface area contributed by atoms with E-state index in [0.717, 1.165) is 23.4 Å². The number of hydrogen-bond donors (Lipinski definition) is 3.